The van der Waals surface area contributed by atoms with Crippen molar-refractivity contribution in [1.29, 1.82) is 0 Å². The molecule has 0 fully saturated rings. The van der Waals surface area contributed by atoms with Crippen molar-refractivity contribution in [3.8, 4) is 0 Å². The largest absolute Gasteiger partial charge is 0.382 e. The first-order valence-corrected chi connectivity index (χ1v) is 9.04. The minimum Gasteiger partial charge on any atom is -0.382 e. The molecular formula is C17H20Cl2N4O4. The minimum atomic E-state index is -0.503. The van der Waals surface area contributed by atoms with Crippen molar-refractivity contribution in [2.75, 3.05) is 36.9 Å². The Kier molecular flexibility index (Phi) is 8.38. The third kappa shape index (κ3) is 6.74. The van der Waals surface area contributed by atoms with Gasteiger partial charge in [-0.3, -0.25) is 4.79 Å². The molecule has 27 heavy (non-hydrogen) atoms. The van der Waals surface area contributed by atoms with Crippen molar-refractivity contribution < 1.29 is 18.8 Å². The highest BCUT2D eigenvalue weighted by Crippen LogP contribution is 2.30. The minimum absolute atomic E-state index is 0.188. The van der Waals surface area contributed by atoms with E-state index in [1.807, 2.05) is 6.92 Å². The van der Waals surface area contributed by atoms with Crippen LogP contribution in [0.25, 0.3) is 0 Å². The molecule has 0 radical (unpaired) electrons. The van der Waals surface area contributed by atoms with Gasteiger partial charge < -0.3 is 24.8 Å². The summed E-state index contributed by atoms with van der Waals surface area (Å²) in [6.45, 7) is 3.05. The standard InChI is InChI=1S/C17H20Cl2N4O4/c1-2-26-9-4-8-23(11-15(24)20-14-7-10-27-22-14)17(25)21-16-12(18)5-3-6-13(16)19/h3,5-7,10H,2,4,8-9,11H2,1H3,(H,21,25)(H,20,22,24). The Hall–Kier alpha value is -2.29. The molecule has 0 spiro atoms. The van der Waals surface area contributed by atoms with Crippen molar-refractivity contribution in [2.24, 2.45) is 0 Å². The molecule has 0 aliphatic carbocycles. The van der Waals surface area contributed by atoms with Crippen molar-refractivity contribution in [3.05, 3.63) is 40.6 Å². The first-order valence-electron chi connectivity index (χ1n) is 8.29. The molecule has 0 atom stereocenters. The van der Waals surface area contributed by atoms with Gasteiger partial charge in [0.15, 0.2) is 5.82 Å². The lowest BCUT2D eigenvalue weighted by Crippen LogP contribution is -2.41. The van der Waals surface area contributed by atoms with E-state index < -0.39 is 11.9 Å². The van der Waals surface area contributed by atoms with Crippen molar-refractivity contribution >= 4 is 46.6 Å². The van der Waals surface area contributed by atoms with E-state index in [1.54, 1.807) is 18.2 Å². The maximum absolute atomic E-state index is 12.7. The van der Waals surface area contributed by atoms with E-state index in [9.17, 15) is 9.59 Å². The summed E-state index contributed by atoms with van der Waals surface area (Å²) in [7, 11) is 0. The number of anilines is 2. The number of nitrogens with zero attached hydrogens (tertiary/aromatic N) is 2. The summed E-state index contributed by atoms with van der Waals surface area (Å²) in [5, 5.41) is 9.41. The van der Waals surface area contributed by atoms with Crippen LogP contribution in [0.4, 0.5) is 16.3 Å². The lowest BCUT2D eigenvalue weighted by molar-refractivity contribution is -0.116. The number of hydrogen-bond donors (Lipinski definition) is 2. The summed E-state index contributed by atoms with van der Waals surface area (Å²) >= 11 is 12.2. The van der Waals surface area contributed by atoms with Gasteiger partial charge in [0.2, 0.25) is 5.91 Å². The van der Waals surface area contributed by atoms with Crippen LogP contribution in [0.2, 0.25) is 10.0 Å². The average Bonchev–Trinajstić information content (AvgIpc) is 3.13. The van der Waals surface area contributed by atoms with Gasteiger partial charge in [-0.1, -0.05) is 34.4 Å². The summed E-state index contributed by atoms with van der Waals surface area (Å²) in [6, 6.07) is 5.89. The second-order valence-electron chi connectivity index (χ2n) is 5.43. The van der Waals surface area contributed by atoms with Crippen LogP contribution in [0, 0.1) is 0 Å². The molecule has 0 aliphatic rings. The highest BCUT2D eigenvalue weighted by atomic mass is 35.5. The van der Waals surface area contributed by atoms with Crippen LogP contribution >= 0.6 is 23.2 Å². The number of nitrogens with one attached hydrogen (secondary N) is 2. The van der Waals surface area contributed by atoms with E-state index >= 15 is 0 Å². The number of urea groups is 1. The molecule has 8 nitrogen and oxygen atoms in total. The maximum Gasteiger partial charge on any atom is 0.322 e. The van der Waals surface area contributed by atoms with E-state index in [4.69, 9.17) is 27.9 Å². The predicted octanol–water partition coefficient (Wildman–Crippen LogP) is 3.88. The zero-order valence-electron chi connectivity index (χ0n) is 14.7. The van der Waals surface area contributed by atoms with E-state index in [1.165, 1.54) is 17.2 Å². The van der Waals surface area contributed by atoms with Gasteiger partial charge >= 0.3 is 6.03 Å². The van der Waals surface area contributed by atoms with Crippen molar-refractivity contribution in [2.45, 2.75) is 13.3 Å². The predicted molar refractivity (Wildman–Crippen MR) is 103 cm³/mol. The number of carbonyl (C=O) groups excluding carboxylic acids is 2. The van der Waals surface area contributed by atoms with Gasteiger partial charge in [-0.25, -0.2) is 4.79 Å². The van der Waals surface area contributed by atoms with Gasteiger partial charge in [0.1, 0.15) is 12.8 Å². The van der Waals surface area contributed by atoms with Gasteiger partial charge in [0, 0.05) is 25.8 Å². The SMILES string of the molecule is CCOCCCN(CC(=O)Nc1ccon1)C(=O)Nc1c(Cl)cccc1Cl. The first kappa shape index (κ1) is 21.0. The van der Waals surface area contributed by atoms with E-state index in [2.05, 4.69) is 20.3 Å². The molecule has 1 heterocycles. The smallest absolute Gasteiger partial charge is 0.322 e. The Morgan fingerprint density at radius 1 is 1.22 bits per heavy atom. The summed E-state index contributed by atoms with van der Waals surface area (Å²) in [6.07, 6.45) is 1.90. The molecule has 0 saturated heterocycles. The van der Waals surface area contributed by atoms with E-state index in [-0.39, 0.29) is 18.1 Å². The van der Waals surface area contributed by atoms with Crippen LogP contribution < -0.4 is 10.6 Å². The van der Waals surface area contributed by atoms with Crippen LogP contribution in [-0.2, 0) is 9.53 Å². The van der Waals surface area contributed by atoms with Crippen LogP contribution in [0.15, 0.2) is 35.1 Å². The third-order valence-electron chi connectivity index (χ3n) is 3.44. The molecule has 2 rings (SSSR count). The zero-order chi connectivity index (χ0) is 19.6. The molecule has 2 N–H and O–H groups in total. The second kappa shape index (κ2) is 10.8. The Bertz CT molecular complexity index is 735. The van der Waals surface area contributed by atoms with Gasteiger partial charge in [-0.2, -0.15) is 0 Å². The molecule has 0 bridgehead atoms. The monoisotopic (exact) mass is 414 g/mol. The second-order valence-corrected chi connectivity index (χ2v) is 6.25. The Labute approximate surface area is 166 Å². The number of amides is 3. The van der Waals surface area contributed by atoms with Gasteiger partial charge in [0.25, 0.3) is 0 Å². The van der Waals surface area contributed by atoms with Gasteiger partial charge in [0.05, 0.1) is 15.7 Å². The van der Waals surface area contributed by atoms with Crippen LogP contribution in [0.1, 0.15) is 13.3 Å². The van der Waals surface area contributed by atoms with Gasteiger partial charge in [-0.15, -0.1) is 0 Å². The number of carbonyl (C=O) groups is 2. The van der Waals surface area contributed by atoms with Crippen molar-refractivity contribution in [3.63, 3.8) is 0 Å². The number of hydrogen-bond acceptors (Lipinski definition) is 5. The fourth-order valence-electron chi connectivity index (χ4n) is 2.19. The molecule has 1 aromatic carbocycles. The Balaban J connectivity index is 2.03. The van der Waals surface area contributed by atoms with E-state index in [0.717, 1.165) is 0 Å². The number of halogens is 2. The number of rotatable bonds is 9. The normalized spacial score (nSPS) is 10.5. The molecule has 0 unspecified atom stereocenters. The topological polar surface area (TPSA) is 96.7 Å². The summed E-state index contributed by atoms with van der Waals surface area (Å²) in [5.41, 5.74) is 0.289. The number of ether oxygens (including phenoxy) is 1. The Morgan fingerprint density at radius 2 is 1.96 bits per heavy atom. The van der Waals surface area contributed by atoms with Gasteiger partial charge in [-0.05, 0) is 25.5 Å². The summed E-state index contributed by atoms with van der Waals surface area (Å²) in [4.78, 5) is 26.2. The molecule has 3 amide bonds. The number of para-hydroxylation sites is 1. The summed E-state index contributed by atoms with van der Waals surface area (Å²) in [5.74, 6) is -0.149. The molecule has 2 aromatic rings. The fraction of sp³-hybridized carbons (Fsp3) is 0.353. The van der Waals surface area contributed by atoms with Crippen molar-refractivity contribution in [1.82, 2.24) is 10.1 Å². The zero-order valence-corrected chi connectivity index (χ0v) is 16.2. The third-order valence-corrected chi connectivity index (χ3v) is 4.07. The highest BCUT2D eigenvalue weighted by molar-refractivity contribution is 6.39. The Morgan fingerprint density at radius 3 is 2.59 bits per heavy atom. The van der Waals surface area contributed by atoms with Crippen LogP contribution in [-0.4, -0.2) is 48.3 Å². The van der Waals surface area contributed by atoms with E-state index in [0.29, 0.717) is 36.2 Å². The fourth-order valence-corrected chi connectivity index (χ4v) is 2.68. The number of aromatic nitrogens is 1. The lowest BCUT2D eigenvalue weighted by Gasteiger charge is -2.23. The maximum atomic E-state index is 12.7. The molecule has 146 valence electrons. The quantitative estimate of drug-likeness (QED) is 0.606. The first-order chi connectivity index (χ1) is 13.0. The lowest BCUT2D eigenvalue weighted by atomic mass is 10.3. The molecule has 1 aromatic heterocycles. The summed E-state index contributed by atoms with van der Waals surface area (Å²) < 4.78 is 9.95. The highest BCUT2D eigenvalue weighted by Gasteiger charge is 2.19. The molecule has 0 aliphatic heterocycles. The average molecular weight is 415 g/mol. The molecular weight excluding hydrogens is 395 g/mol. The van der Waals surface area contributed by atoms with Crippen LogP contribution in [0.5, 0.6) is 0 Å². The molecule has 0 saturated carbocycles. The molecule has 10 heteroatoms. The number of benzene rings is 1. The van der Waals surface area contributed by atoms with Crippen LogP contribution in [0.3, 0.4) is 0 Å².